The van der Waals surface area contributed by atoms with Gasteiger partial charge in [-0.05, 0) is 49.4 Å². The van der Waals surface area contributed by atoms with Gasteiger partial charge in [-0.1, -0.05) is 18.9 Å². The van der Waals surface area contributed by atoms with Crippen LogP contribution < -0.4 is 0 Å². The van der Waals surface area contributed by atoms with E-state index in [1.54, 1.807) is 6.08 Å². The molecule has 0 amide bonds. The van der Waals surface area contributed by atoms with E-state index in [0.29, 0.717) is 5.56 Å². The van der Waals surface area contributed by atoms with Gasteiger partial charge in [-0.15, -0.1) is 0 Å². The number of rotatable bonds is 3. The van der Waals surface area contributed by atoms with Crippen LogP contribution in [-0.4, -0.2) is 12.4 Å². The lowest BCUT2D eigenvalue weighted by Gasteiger charge is -2.25. The summed E-state index contributed by atoms with van der Waals surface area (Å²) in [5.74, 6) is 0. The number of benzene rings is 1. The van der Waals surface area contributed by atoms with Gasteiger partial charge in [-0.2, -0.15) is 4.99 Å². The Bertz CT molecular complexity index is 522. The van der Waals surface area contributed by atoms with Crippen LogP contribution in [0.2, 0.25) is 0 Å². The van der Waals surface area contributed by atoms with E-state index in [9.17, 15) is 9.59 Å². The molecule has 1 saturated carbocycles. The summed E-state index contributed by atoms with van der Waals surface area (Å²) >= 11 is 0. The van der Waals surface area contributed by atoms with Gasteiger partial charge in [-0.25, -0.2) is 4.79 Å². The van der Waals surface area contributed by atoms with E-state index in [0.717, 1.165) is 48.7 Å². The molecule has 1 aromatic carbocycles. The molecule has 0 bridgehead atoms. The highest BCUT2D eigenvalue weighted by Gasteiger charge is 2.37. The number of aryl methyl sites for hydroxylation is 2. The molecule has 0 aliphatic heterocycles. The van der Waals surface area contributed by atoms with E-state index in [-0.39, 0.29) is 0 Å². The molecule has 0 saturated heterocycles. The molecule has 0 spiro atoms. The van der Waals surface area contributed by atoms with E-state index in [4.69, 9.17) is 0 Å². The van der Waals surface area contributed by atoms with Gasteiger partial charge in [0.1, 0.15) is 6.29 Å². The van der Waals surface area contributed by atoms with Crippen molar-refractivity contribution >= 4 is 12.4 Å². The largest absolute Gasteiger partial charge is 0.298 e. The normalized spacial score (nSPS) is 17.2. The van der Waals surface area contributed by atoms with Gasteiger partial charge < -0.3 is 0 Å². The molecule has 0 N–H and O–H groups in total. The molecule has 0 radical (unpaired) electrons. The average molecular weight is 243 g/mol. The van der Waals surface area contributed by atoms with Gasteiger partial charge in [0.2, 0.25) is 6.08 Å². The first-order valence-corrected chi connectivity index (χ1v) is 6.29. The molecule has 0 aromatic heterocycles. The second-order valence-corrected chi connectivity index (χ2v) is 5.08. The number of carbonyl (C=O) groups excluding carboxylic acids is 2. The first kappa shape index (κ1) is 12.7. The smallest absolute Gasteiger partial charge is 0.235 e. The highest BCUT2D eigenvalue weighted by atomic mass is 16.1. The van der Waals surface area contributed by atoms with Gasteiger partial charge in [0.15, 0.2) is 0 Å². The fraction of sp³-hybridized carbons (Fsp3) is 0.467. The molecule has 2 rings (SSSR count). The van der Waals surface area contributed by atoms with E-state index in [1.165, 1.54) is 0 Å². The van der Waals surface area contributed by atoms with Gasteiger partial charge >= 0.3 is 0 Å². The van der Waals surface area contributed by atoms with Crippen LogP contribution in [0.25, 0.3) is 0 Å². The third-order valence-electron chi connectivity index (χ3n) is 3.98. The fourth-order valence-corrected chi connectivity index (χ4v) is 2.83. The van der Waals surface area contributed by atoms with Crippen molar-refractivity contribution in [2.45, 2.75) is 45.1 Å². The second kappa shape index (κ2) is 4.87. The summed E-state index contributed by atoms with van der Waals surface area (Å²) in [6.07, 6.45) is 6.28. The molecule has 3 heteroatoms. The van der Waals surface area contributed by atoms with Crippen molar-refractivity contribution in [2.24, 2.45) is 4.99 Å². The molecule has 0 heterocycles. The molecule has 0 unspecified atom stereocenters. The first-order valence-electron chi connectivity index (χ1n) is 6.29. The lowest BCUT2D eigenvalue weighted by molar-refractivity contribution is 0.112. The van der Waals surface area contributed by atoms with Crippen LogP contribution in [0.5, 0.6) is 0 Å². The summed E-state index contributed by atoms with van der Waals surface area (Å²) in [6.45, 7) is 4.00. The number of aldehydes is 1. The summed E-state index contributed by atoms with van der Waals surface area (Å²) in [7, 11) is 0. The van der Waals surface area contributed by atoms with Crippen LogP contribution in [-0.2, 0) is 10.3 Å². The summed E-state index contributed by atoms with van der Waals surface area (Å²) in [5, 5.41) is 0. The van der Waals surface area contributed by atoms with Crippen LogP contribution in [0.1, 0.15) is 52.7 Å². The topological polar surface area (TPSA) is 46.5 Å². The van der Waals surface area contributed by atoms with Crippen molar-refractivity contribution in [2.75, 3.05) is 0 Å². The summed E-state index contributed by atoms with van der Waals surface area (Å²) in [4.78, 5) is 26.0. The molecule has 1 aliphatic rings. The van der Waals surface area contributed by atoms with Crippen molar-refractivity contribution < 1.29 is 9.59 Å². The van der Waals surface area contributed by atoms with Gasteiger partial charge in [0.05, 0.1) is 5.54 Å². The van der Waals surface area contributed by atoms with Crippen molar-refractivity contribution in [3.8, 4) is 0 Å². The van der Waals surface area contributed by atoms with E-state index >= 15 is 0 Å². The lowest BCUT2D eigenvalue weighted by Crippen LogP contribution is -2.21. The highest BCUT2D eigenvalue weighted by molar-refractivity contribution is 5.79. The van der Waals surface area contributed by atoms with E-state index < -0.39 is 5.54 Å². The number of aliphatic imine (C=N–C) groups is 1. The average Bonchev–Trinajstić information content (AvgIpc) is 2.82. The van der Waals surface area contributed by atoms with Crippen molar-refractivity contribution in [1.82, 2.24) is 0 Å². The third-order valence-corrected chi connectivity index (χ3v) is 3.98. The minimum Gasteiger partial charge on any atom is -0.298 e. The maximum atomic E-state index is 11.3. The Balaban J connectivity index is 2.64. The zero-order valence-corrected chi connectivity index (χ0v) is 10.8. The van der Waals surface area contributed by atoms with Crippen LogP contribution >= 0.6 is 0 Å². The molecule has 1 aliphatic carbocycles. The quantitative estimate of drug-likeness (QED) is 0.465. The Labute approximate surface area is 107 Å². The monoisotopic (exact) mass is 243 g/mol. The zero-order chi connectivity index (χ0) is 13.2. The highest BCUT2D eigenvalue weighted by Crippen LogP contribution is 2.43. The van der Waals surface area contributed by atoms with Crippen LogP contribution in [0, 0.1) is 13.8 Å². The number of isocyanates is 1. The summed E-state index contributed by atoms with van der Waals surface area (Å²) in [5.41, 5.74) is 3.24. The molecule has 18 heavy (non-hydrogen) atoms. The Hall–Kier alpha value is -1.73. The molecule has 3 nitrogen and oxygen atoms in total. The first-order chi connectivity index (χ1) is 8.63. The number of carbonyl (C=O) groups is 1. The molecule has 1 aromatic rings. The number of hydrogen-bond donors (Lipinski definition) is 0. The zero-order valence-electron chi connectivity index (χ0n) is 10.8. The van der Waals surface area contributed by atoms with Crippen molar-refractivity contribution in [3.05, 3.63) is 34.4 Å². The maximum Gasteiger partial charge on any atom is 0.235 e. The maximum absolute atomic E-state index is 11.3. The summed E-state index contributed by atoms with van der Waals surface area (Å²) < 4.78 is 0. The number of hydrogen-bond acceptors (Lipinski definition) is 3. The molecule has 94 valence electrons. The van der Waals surface area contributed by atoms with Crippen LogP contribution in [0.4, 0.5) is 0 Å². The SMILES string of the molecule is Cc1cc(C=O)c(C2(N=C=O)CCCC2)cc1C. The molecule has 1 fully saturated rings. The van der Waals surface area contributed by atoms with E-state index in [2.05, 4.69) is 4.99 Å². The molecule has 0 atom stereocenters. The third kappa shape index (κ3) is 2.02. The van der Waals surface area contributed by atoms with Gasteiger partial charge in [0, 0.05) is 5.56 Å². The minimum absolute atomic E-state index is 0.517. The minimum atomic E-state index is -0.517. The standard InChI is InChI=1S/C15H17NO2/c1-11-7-13(9-17)14(8-12(11)2)15(16-10-18)5-3-4-6-15/h7-9H,3-6H2,1-2H3. The Kier molecular flexibility index (Phi) is 3.44. The lowest BCUT2D eigenvalue weighted by atomic mass is 9.84. The van der Waals surface area contributed by atoms with Crippen LogP contribution in [0.3, 0.4) is 0 Å². The van der Waals surface area contributed by atoms with Gasteiger partial charge in [-0.3, -0.25) is 4.79 Å². The summed E-state index contributed by atoms with van der Waals surface area (Å²) in [6, 6.07) is 3.89. The van der Waals surface area contributed by atoms with Crippen molar-refractivity contribution in [3.63, 3.8) is 0 Å². The van der Waals surface area contributed by atoms with Crippen molar-refractivity contribution in [1.29, 1.82) is 0 Å². The van der Waals surface area contributed by atoms with E-state index in [1.807, 2.05) is 26.0 Å². The fourth-order valence-electron chi connectivity index (χ4n) is 2.83. The molecular formula is C15H17NO2. The second-order valence-electron chi connectivity index (χ2n) is 5.08. The Morgan fingerprint density at radius 2 is 1.83 bits per heavy atom. The Morgan fingerprint density at radius 3 is 2.39 bits per heavy atom. The predicted molar refractivity (Wildman–Crippen MR) is 69.6 cm³/mol. The number of nitrogens with zero attached hydrogens (tertiary/aromatic N) is 1. The predicted octanol–water partition coefficient (Wildman–Crippen LogP) is 3.22. The Morgan fingerprint density at radius 1 is 1.22 bits per heavy atom. The van der Waals surface area contributed by atoms with Gasteiger partial charge in [0.25, 0.3) is 0 Å². The molecular weight excluding hydrogens is 226 g/mol. The van der Waals surface area contributed by atoms with Crippen LogP contribution in [0.15, 0.2) is 17.1 Å².